The Morgan fingerprint density at radius 3 is 2.38 bits per heavy atom. The minimum absolute atomic E-state index is 0.0522. The monoisotopic (exact) mass is 378 g/mol. The Morgan fingerprint density at radius 1 is 1.15 bits per heavy atom. The van der Waals surface area contributed by atoms with Crippen LogP contribution in [-0.2, 0) is 14.8 Å². The summed E-state index contributed by atoms with van der Waals surface area (Å²) in [4.78, 5) is 12.3. The fraction of sp³-hybridized carbons (Fsp3) is 0.650. The zero-order valence-corrected chi connectivity index (χ0v) is 16.8. The molecular weight excluding hydrogens is 348 g/mol. The highest BCUT2D eigenvalue weighted by molar-refractivity contribution is 7.92. The highest BCUT2D eigenvalue weighted by Crippen LogP contribution is 2.44. The van der Waals surface area contributed by atoms with Gasteiger partial charge in [-0.3, -0.25) is 9.10 Å². The van der Waals surface area contributed by atoms with Crippen LogP contribution in [-0.4, -0.2) is 33.2 Å². The topological polar surface area (TPSA) is 66.5 Å². The van der Waals surface area contributed by atoms with E-state index < -0.39 is 10.0 Å². The molecule has 1 aromatic carbocycles. The molecule has 144 valence electrons. The Morgan fingerprint density at radius 2 is 1.85 bits per heavy atom. The molecule has 0 aliphatic heterocycles. The zero-order chi connectivity index (χ0) is 18.9. The number of sulfonamides is 1. The van der Waals surface area contributed by atoms with Crippen molar-refractivity contribution in [3.8, 4) is 0 Å². The van der Waals surface area contributed by atoms with Gasteiger partial charge in [-0.05, 0) is 74.6 Å². The summed E-state index contributed by atoms with van der Waals surface area (Å²) in [5.41, 5.74) is 2.74. The van der Waals surface area contributed by atoms with Gasteiger partial charge < -0.3 is 5.32 Å². The average Bonchev–Trinajstić information content (AvgIpc) is 3.11. The largest absolute Gasteiger partial charge is 0.353 e. The van der Waals surface area contributed by atoms with Crippen molar-refractivity contribution >= 4 is 21.6 Å². The first-order chi connectivity index (χ1) is 12.2. The Labute approximate surface area is 157 Å². The molecule has 1 amide bonds. The number of nitrogens with zero attached hydrogens (tertiary/aromatic N) is 1. The molecule has 2 fully saturated rings. The first kappa shape index (κ1) is 19.2. The number of anilines is 1. The number of rotatable bonds is 7. The number of benzene rings is 1. The summed E-state index contributed by atoms with van der Waals surface area (Å²) in [6, 6.07) is 6.12. The number of carbonyl (C=O) groups is 1. The number of fused-ring (bicyclic) bond motifs is 2. The van der Waals surface area contributed by atoms with E-state index in [-0.39, 0.29) is 5.91 Å². The normalized spacial score (nSPS) is 24.7. The van der Waals surface area contributed by atoms with E-state index in [1.165, 1.54) is 29.8 Å². The maximum absolute atomic E-state index is 12.3. The van der Waals surface area contributed by atoms with Gasteiger partial charge >= 0.3 is 0 Å². The lowest BCUT2D eigenvalue weighted by Gasteiger charge is -2.24. The fourth-order valence-corrected chi connectivity index (χ4v) is 5.61. The minimum atomic E-state index is -3.38. The van der Waals surface area contributed by atoms with Crippen molar-refractivity contribution < 1.29 is 13.2 Å². The standard InChI is InChI=1S/C20H30N2O3S/c1-14-9-15(2)11-18(10-14)22(26(3,24)25)8-4-5-20(23)21-19-13-16-6-7-17(19)12-16/h9-11,16-17,19H,4-8,12-13H2,1-3H3,(H,21,23). The highest BCUT2D eigenvalue weighted by Gasteiger charge is 2.39. The molecular formula is C20H30N2O3S. The molecule has 0 heterocycles. The van der Waals surface area contributed by atoms with Crippen LogP contribution >= 0.6 is 0 Å². The summed E-state index contributed by atoms with van der Waals surface area (Å²) in [5.74, 6) is 1.51. The van der Waals surface area contributed by atoms with Crippen molar-refractivity contribution in [3.63, 3.8) is 0 Å². The number of amides is 1. The van der Waals surface area contributed by atoms with Gasteiger partial charge in [0.1, 0.15) is 0 Å². The molecule has 26 heavy (non-hydrogen) atoms. The molecule has 2 aliphatic rings. The lowest BCUT2D eigenvalue weighted by atomic mass is 9.95. The summed E-state index contributed by atoms with van der Waals surface area (Å²) in [7, 11) is -3.38. The second-order valence-corrected chi connectivity index (χ2v) is 10.0. The third kappa shape index (κ3) is 4.58. The Bertz CT molecular complexity index is 755. The Kier molecular flexibility index (Phi) is 5.61. The van der Waals surface area contributed by atoms with Crippen molar-refractivity contribution in [3.05, 3.63) is 29.3 Å². The molecule has 2 saturated carbocycles. The van der Waals surface area contributed by atoms with Crippen molar-refractivity contribution in [2.45, 2.75) is 58.4 Å². The van der Waals surface area contributed by atoms with Crippen LogP contribution in [0, 0.1) is 25.7 Å². The summed E-state index contributed by atoms with van der Waals surface area (Å²) in [5, 5.41) is 3.17. The maximum Gasteiger partial charge on any atom is 0.232 e. The van der Waals surface area contributed by atoms with Crippen LogP contribution in [0.5, 0.6) is 0 Å². The first-order valence-corrected chi connectivity index (χ1v) is 11.4. The van der Waals surface area contributed by atoms with Crippen LogP contribution < -0.4 is 9.62 Å². The van der Waals surface area contributed by atoms with Gasteiger partial charge in [-0.25, -0.2) is 8.42 Å². The number of hydrogen-bond acceptors (Lipinski definition) is 3. The third-order valence-electron chi connectivity index (χ3n) is 5.74. The second kappa shape index (κ2) is 7.59. The van der Waals surface area contributed by atoms with E-state index in [0.29, 0.717) is 37.0 Å². The fourth-order valence-electron chi connectivity index (χ4n) is 4.66. The number of aryl methyl sites for hydroxylation is 2. The molecule has 1 N–H and O–H groups in total. The lowest BCUT2D eigenvalue weighted by Crippen LogP contribution is -2.39. The first-order valence-electron chi connectivity index (χ1n) is 9.58. The molecule has 5 nitrogen and oxygen atoms in total. The van der Waals surface area contributed by atoms with Crippen LogP contribution in [0.1, 0.15) is 49.7 Å². The predicted molar refractivity (Wildman–Crippen MR) is 105 cm³/mol. The van der Waals surface area contributed by atoms with E-state index >= 15 is 0 Å². The van der Waals surface area contributed by atoms with E-state index in [1.54, 1.807) is 0 Å². The number of nitrogens with one attached hydrogen (secondary N) is 1. The van der Waals surface area contributed by atoms with Gasteiger partial charge in [-0.1, -0.05) is 12.5 Å². The quantitative estimate of drug-likeness (QED) is 0.792. The summed E-state index contributed by atoms with van der Waals surface area (Å²) in [6.45, 7) is 4.24. The molecule has 0 saturated heterocycles. The van der Waals surface area contributed by atoms with E-state index in [1.807, 2.05) is 32.0 Å². The van der Waals surface area contributed by atoms with Crippen molar-refractivity contribution in [2.24, 2.45) is 11.8 Å². The average molecular weight is 379 g/mol. The van der Waals surface area contributed by atoms with Gasteiger partial charge in [0.05, 0.1) is 11.9 Å². The lowest BCUT2D eigenvalue weighted by molar-refractivity contribution is -0.122. The van der Waals surface area contributed by atoms with E-state index in [0.717, 1.165) is 23.5 Å². The van der Waals surface area contributed by atoms with E-state index in [2.05, 4.69) is 5.32 Å². The van der Waals surface area contributed by atoms with Gasteiger partial charge in [-0.2, -0.15) is 0 Å². The van der Waals surface area contributed by atoms with Crippen molar-refractivity contribution in [2.75, 3.05) is 17.1 Å². The molecule has 3 unspecified atom stereocenters. The zero-order valence-electron chi connectivity index (χ0n) is 16.0. The minimum Gasteiger partial charge on any atom is -0.353 e. The predicted octanol–water partition coefficient (Wildman–Crippen LogP) is 3.15. The molecule has 2 bridgehead atoms. The van der Waals surface area contributed by atoms with Gasteiger partial charge in [0, 0.05) is 19.0 Å². The van der Waals surface area contributed by atoms with E-state index in [9.17, 15) is 13.2 Å². The molecule has 1 aromatic rings. The van der Waals surface area contributed by atoms with Gasteiger partial charge in [-0.15, -0.1) is 0 Å². The smallest absolute Gasteiger partial charge is 0.232 e. The van der Waals surface area contributed by atoms with Crippen LogP contribution in [0.25, 0.3) is 0 Å². The Hall–Kier alpha value is -1.56. The molecule has 0 aromatic heterocycles. The van der Waals surface area contributed by atoms with Gasteiger partial charge in [0.2, 0.25) is 15.9 Å². The molecule has 3 rings (SSSR count). The summed E-state index contributed by atoms with van der Waals surface area (Å²) < 4.78 is 25.9. The Balaban J connectivity index is 1.55. The maximum atomic E-state index is 12.3. The van der Waals surface area contributed by atoms with Crippen LogP contribution in [0.3, 0.4) is 0 Å². The van der Waals surface area contributed by atoms with Crippen LogP contribution in [0.2, 0.25) is 0 Å². The van der Waals surface area contributed by atoms with Gasteiger partial charge in [0.15, 0.2) is 0 Å². The van der Waals surface area contributed by atoms with Crippen molar-refractivity contribution in [1.82, 2.24) is 5.32 Å². The molecule has 0 spiro atoms. The molecule has 2 aliphatic carbocycles. The number of hydrogen-bond donors (Lipinski definition) is 1. The summed E-state index contributed by atoms with van der Waals surface area (Å²) >= 11 is 0. The summed E-state index contributed by atoms with van der Waals surface area (Å²) in [6.07, 6.45) is 7.05. The van der Waals surface area contributed by atoms with Crippen LogP contribution in [0.4, 0.5) is 5.69 Å². The third-order valence-corrected chi connectivity index (χ3v) is 6.94. The van der Waals surface area contributed by atoms with Crippen molar-refractivity contribution in [1.29, 1.82) is 0 Å². The molecule has 6 heteroatoms. The van der Waals surface area contributed by atoms with Gasteiger partial charge in [0.25, 0.3) is 0 Å². The highest BCUT2D eigenvalue weighted by atomic mass is 32.2. The molecule has 0 radical (unpaired) electrons. The second-order valence-electron chi connectivity index (χ2n) is 8.13. The SMILES string of the molecule is Cc1cc(C)cc(N(CCCC(=O)NC2CC3CCC2C3)S(C)(=O)=O)c1. The van der Waals surface area contributed by atoms with Crippen LogP contribution in [0.15, 0.2) is 18.2 Å². The molecule has 3 atom stereocenters. The number of carbonyl (C=O) groups excluding carboxylic acids is 1. The van der Waals surface area contributed by atoms with E-state index in [4.69, 9.17) is 0 Å².